The number of hydrogen-bond acceptors (Lipinski definition) is 2. The molecular formula is C17H16F3NO. The molecular weight excluding hydrogens is 291 g/mol. The van der Waals surface area contributed by atoms with Crippen LogP contribution in [0.5, 0.6) is 5.75 Å². The van der Waals surface area contributed by atoms with Crippen molar-refractivity contribution in [1.82, 2.24) is 0 Å². The average molecular weight is 307 g/mol. The summed E-state index contributed by atoms with van der Waals surface area (Å²) in [5, 5.41) is 0. The molecule has 0 saturated carbocycles. The lowest BCUT2D eigenvalue weighted by Crippen LogP contribution is -2.18. The van der Waals surface area contributed by atoms with Gasteiger partial charge in [0.1, 0.15) is 12.4 Å². The van der Waals surface area contributed by atoms with E-state index in [1.807, 2.05) is 18.2 Å². The van der Waals surface area contributed by atoms with Crippen molar-refractivity contribution in [2.24, 2.45) is 5.73 Å². The van der Waals surface area contributed by atoms with Crippen molar-refractivity contribution < 1.29 is 17.9 Å². The van der Waals surface area contributed by atoms with Crippen LogP contribution in [0, 0.1) is 0 Å². The number of alkyl halides is 3. The first-order valence-corrected chi connectivity index (χ1v) is 7.09. The fraction of sp³-hybridized carbons (Fsp3) is 0.294. The Labute approximate surface area is 126 Å². The van der Waals surface area contributed by atoms with Gasteiger partial charge >= 0.3 is 6.18 Å². The Balaban J connectivity index is 1.75. The largest absolute Gasteiger partial charge is 0.488 e. The van der Waals surface area contributed by atoms with E-state index < -0.39 is 11.7 Å². The molecule has 3 rings (SSSR count). The lowest BCUT2D eigenvalue weighted by Gasteiger charge is -2.14. The number of rotatable bonds is 3. The molecule has 2 aromatic rings. The molecule has 0 bridgehead atoms. The summed E-state index contributed by atoms with van der Waals surface area (Å²) in [6.07, 6.45) is -2.75. The molecule has 0 amide bonds. The van der Waals surface area contributed by atoms with Crippen molar-refractivity contribution in [2.45, 2.75) is 31.7 Å². The summed E-state index contributed by atoms with van der Waals surface area (Å²) in [4.78, 5) is 0. The number of nitrogens with two attached hydrogens (primary N) is 1. The lowest BCUT2D eigenvalue weighted by atomic mass is 10.1. The number of hydrogen-bond donors (Lipinski definition) is 1. The second kappa shape index (κ2) is 5.65. The predicted octanol–water partition coefficient (Wildman–Crippen LogP) is 3.71. The standard InChI is InChI=1S/C17H16F3NO/c18-17(19,20)15-3-1-2-4-16(15)22-10-11-5-6-12-8-14(21)9-13(12)7-11/h1-7,14H,8-10,21H2/t14-/m0/s1. The zero-order valence-corrected chi connectivity index (χ0v) is 11.9. The van der Waals surface area contributed by atoms with Gasteiger partial charge in [-0.2, -0.15) is 13.2 Å². The highest BCUT2D eigenvalue weighted by molar-refractivity contribution is 5.38. The maximum atomic E-state index is 12.9. The van der Waals surface area contributed by atoms with Crippen LogP contribution in [-0.2, 0) is 25.6 Å². The molecule has 0 unspecified atom stereocenters. The third-order valence-corrected chi connectivity index (χ3v) is 3.82. The monoisotopic (exact) mass is 307 g/mol. The Hall–Kier alpha value is -2.01. The van der Waals surface area contributed by atoms with Gasteiger partial charge < -0.3 is 10.5 Å². The minimum absolute atomic E-state index is 0.107. The zero-order valence-electron chi connectivity index (χ0n) is 11.9. The second-order valence-corrected chi connectivity index (χ2v) is 5.55. The molecule has 2 aromatic carbocycles. The van der Waals surface area contributed by atoms with E-state index >= 15 is 0 Å². The van der Waals surface area contributed by atoms with E-state index in [-0.39, 0.29) is 18.4 Å². The summed E-state index contributed by atoms with van der Waals surface area (Å²) in [6, 6.07) is 11.2. The summed E-state index contributed by atoms with van der Waals surface area (Å²) in [6.45, 7) is 0.107. The summed E-state index contributed by atoms with van der Waals surface area (Å²) < 4.78 is 44.1. The number of benzene rings is 2. The van der Waals surface area contributed by atoms with E-state index in [1.54, 1.807) is 0 Å². The van der Waals surface area contributed by atoms with Crippen LogP contribution in [0.3, 0.4) is 0 Å². The van der Waals surface area contributed by atoms with Gasteiger partial charge in [-0.15, -0.1) is 0 Å². The van der Waals surface area contributed by atoms with Crippen molar-refractivity contribution in [3.63, 3.8) is 0 Å². The molecule has 0 aliphatic heterocycles. The highest BCUT2D eigenvalue weighted by Gasteiger charge is 2.34. The molecule has 22 heavy (non-hydrogen) atoms. The molecule has 2 N–H and O–H groups in total. The molecule has 0 radical (unpaired) electrons. The van der Waals surface area contributed by atoms with Gasteiger partial charge in [-0.25, -0.2) is 0 Å². The Bertz CT molecular complexity index is 682. The fourth-order valence-electron chi connectivity index (χ4n) is 2.78. The van der Waals surface area contributed by atoms with E-state index in [4.69, 9.17) is 10.5 Å². The smallest absolute Gasteiger partial charge is 0.419 e. The van der Waals surface area contributed by atoms with Crippen LogP contribution in [0.25, 0.3) is 0 Å². The summed E-state index contributed by atoms with van der Waals surface area (Å²) in [5.74, 6) is -0.146. The van der Waals surface area contributed by atoms with E-state index in [0.717, 1.165) is 30.0 Å². The number of halogens is 3. The first kappa shape index (κ1) is 14.9. The maximum absolute atomic E-state index is 12.9. The first-order valence-electron chi connectivity index (χ1n) is 7.09. The van der Waals surface area contributed by atoms with Crippen LogP contribution in [0.2, 0.25) is 0 Å². The second-order valence-electron chi connectivity index (χ2n) is 5.55. The first-order chi connectivity index (χ1) is 10.4. The van der Waals surface area contributed by atoms with Gasteiger partial charge in [0.05, 0.1) is 5.56 Å². The topological polar surface area (TPSA) is 35.2 Å². The van der Waals surface area contributed by atoms with Crippen LogP contribution in [0.1, 0.15) is 22.3 Å². The molecule has 0 heterocycles. The van der Waals surface area contributed by atoms with Gasteiger partial charge in [-0.1, -0.05) is 30.3 Å². The Morgan fingerprint density at radius 2 is 1.77 bits per heavy atom. The van der Waals surface area contributed by atoms with E-state index in [2.05, 4.69) is 0 Å². The van der Waals surface area contributed by atoms with Crippen LogP contribution in [0.4, 0.5) is 13.2 Å². The molecule has 116 valence electrons. The highest BCUT2D eigenvalue weighted by Crippen LogP contribution is 2.36. The average Bonchev–Trinajstić information content (AvgIpc) is 2.83. The van der Waals surface area contributed by atoms with Crippen LogP contribution >= 0.6 is 0 Å². The zero-order chi connectivity index (χ0) is 15.7. The molecule has 1 aliphatic rings. The highest BCUT2D eigenvalue weighted by atomic mass is 19.4. The minimum Gasteiger partial charge on any atom is -0.488 e. The Morgan fingerprint density at radius 3 is 2.55 bits per heavy atom. The molecule has 0 saturated heterocycles. The Morgan fingerprint density at radius 1 is 1.05 bits per heavy atom. The minimum atomic E-state index is -4.42. The van der Waals surface area contributed by atoms with Crippen molar-refractivity contribution >= 4 is 0 Å². The number of ether oxygens (including phenoxy) is 1. The Kier molecular flexibility index (Phi) is 3.83. The van der Waals surface area contributed by atoms with Gasteiger partial charge in [-0.3, -0.25) is 0 Å². The van der Waals surface area contributed by atoms with Gasteiger partial charge in [-0.05, 0) is 41.7 Å². The third kappa shape index (κ3) is 3.09. The van der Waals surface area contributed by atoms with E-state index in [1.165, 1.54) is 23.8 Å². The molecule has 0 aromatic heterocycles. The van der Waals surface area contributed by atoms with E-state index in [9.17, 15) is 13.2 Å². The van der Waals surface area contributed by atoms with Crippen LogP contribution in [0.15, 0.2) is 42.5 Å². The lowest BCUT2D eigenvalue weighted by molar-refractivity contribution is -0.139. The maximum Gasteiger partial charge on any atom is 0.419 e. The quantitative estimate of drug-likeness (QED) is 0.938. The molecule has 1 atom stereocenters. The predicted molar refractivity (Wildman–Crippen MR) is 77.6 cm³/mol. The van der Waals surface area contributed by atoms with Crippen molar-refractivity contribution in [3.05, 3.63) is 64.7 Å². The van der Waals surface area contributed by atoms with Crippen molar-refractivity contribution in [1.29, 1.82) is 0 Å². The summed E-state index contributed by atoms with van der Waals surface area (Å²) in [5.41, 5.74) is 8.39. The molecule has 0 spiro atoms. The number of para-hydroxylation sites is 1. The molecule has 0 fully saturated rings. The van der Waals surface area contributed by atoms with Crippen molar-refractivity contribution in [3.8, 4) is 5.75 Å². The fourth-order valence-corrected chi connectivity index (χ4v) is 2.78. The van der Waals surface area contributed by atoms with Gasteiger partial charge in [0.25, 0.3) is 0 Å². The van der Waals surface area contributed by atoms with Gasteiger partial charge in [0, 0.05) is 6.04 Å². The van der Waals surface area contributed by atoms with Crippen LogP contribution < -0.4 is 10.5 Å². The van der Waals surface area contributed by atoms with Crippen LogP contribution in [-0.4, -0.2) is 6.04 Å². The normalized spacial score (nSPS) is 17.4. The molecule has 2 nitrogen and oxygen atoms in total. The molecule has 1 aliphatic carbocycles. The van der Waals surface area contributed by atoms with E-state index in [0.29, 0.717) is 0 Å². The number of fused-ring (bicyclic) bond motifs is 1. The summed E-state index contributed by atoms with van der Waals surface area (Å²) in [7, 11) is 0. The van der Waals surface area contributed by atoms with Gasteiger partial charge in [0.15, 0.2) is 0 Å². The SMILES string of the molecule is N[C@H]1Cc2ccc(COc3ccccc3C(F)(F)F)cc2C1. The van der Waals surface area contributed by atoms with Crippen molar-refractivity contribution in [2.75, 3.05) is 0 Å². The third-order valence-electron chi connectivity index (χ3n) is 3.82. The molecule has 5 heteroatoms. The van der Waals surface area contributed by atoms with Gasteiger partial charge in [0.2, 0.25) is 0 Å². The summed E-state index contributed by atoms with van der Waals surface area (Å²) >= 11 is 0.